The molecule has 0 aromatic carbocycles. The molecule has 1 saturated heterocycles. The molecule has 0 saturated carbocycles. The summed E-state index contributed by atoms with van der Waals surface area (Å²) >= 11 is 7.62. The Morgan fingerprint density at radius 3 is 3.14 bits per heavy atom. The van der Waals surface area contributed by atoms with Crippen molar-refractivity contribution in [1.82, 2.24) is 4.90 Å². The van der Waals surface area contributed by atoms with E-state index >= 15 is 0 Å². The first-order valence-electron chi connectivity index (χ1n) is 4.96. The molecular weight excluding hydrogens is 216 g/mol. The highest BCUT2D eigenvalue weighted by Gasteiger charge is 2.23. The summed E-state index contributed by atoms with van der Waals surface area (Å²) in [5.41, 5.74) is 5.72. The lowest BCUT2D eigenvalue weighted by Crippen LogP contribution is -2.34. The minimum Gasteiger partial charge on any atom is -0.329 e. The van der Waals surface area contributed by atoms with Gasteiger partial charge in [0.05, 0.1) is 5.02 Å². The molecule has 1 aliphatic heterocycles. The highest BCUT2D eigenvalue weighted by atomic mass is 35.5. The molecule has 0 bridgehead atoms. The van der Waals surface area contributed by atoms with Crippen molar-refractivity contribution in [3.8, 4) is 0 Å². The van der Waals surface area contributed by atoms with Gasteiger partial charge in [-0.3, -0.25) is 4.90 Å². The fourth-order valence-electron chi connectivity index (χ4n) is 2.01. The number of nitrogens with zero attached hydrogens (tertiary/aromatic N) is 1. The molecule has 14 heavy (non-hydrogen) atoms. The molecule has 0 spiro atoms. The number of hydrogen-bond acceptors (Lipinski definition) is 3. The van der Waals surface area contributed by atoms with Crippen LogP contribution in [0.5, 0.6) is 0 Å². The van der Waals surface area contributed by atoms with Gasteiger partial charge in [-0.05, 0) is 25.5 Å². The van der Waals surface area contributed by atoms with Gasteiger partial charge in [0.15, 0.2) is 0 Å². The molecule has 1 unspecified atom stereocenters. The van der Waals surface area contributed by atoms with Crippen molar-refractivity contribution in [2.24, 2.45) is 5.73 Å². The van der Waals surface area contributed by atoms with Gasteiger partial charge in [0.1, 0.15) is 0 Å². The summed E-state index contributed by atoms with van der Waals surface area (Å²) in [6.07, 6.45) is 2.52. The van der Waals surface area contributed by atoms with Crippen LogP contribution in [-0.4, -0.2) is 24.0 Å². The monoisotopic (exact) mass is 230 g/mol. The standard InChI is InChI=1S/C10H15ClN2S/c11-8-4-10(14-7-8)6-13-3-1-2-9(13)5-12/h4,7,9H,1-3,5-6,12H2. The first kappa shape index (κ1) is 10.4. The Kier molecular flexibility index (Phi) is 3.44. The molecule has 1 aromatic heterocycles. The fourth-order valence-corrected chi connectivity index (χ4v) is 3.10. The van der Waals surface area contributed by atoms with Crippen molar-refractivity contribution in [2.45, 2.75) is 25.4 Å². The molecular formula is C10H15ClN2S. The predicted molar refractivity (Wildman–Crippen MR) is 61.8 cm³/mol. The SMILES string of the molecule is NCC1CCCN1Cc1cc(Cl)cs1. The van der Waals surface area contributed by atoms with E-state index in [2.05, 4.69) is 11.0 Å². The molecule has 1 atom stereocenters. The molecule has 4 heteroatoms. The van der Waals surface area contributed by atoms with Gasteiger partial charge in [0, 0.05) is 29.4 Å². The predicted octanol–water partition coefficient (Wildman–Crippen LogP) is 2.32. The topological polar surface area (TPSA) is 29.3 Å². The Morgan fingerprint density at radius 1 is 1.64 bits per heavy atom. The second-order valence-electron chi connectivity index (χ2n) is 3.73. The van der Waals surface area contributed by atoms with Gasteiger partial charge in [-0.25, -0.2) is 0 Å². The zero-order valence-corrected chi connectivity index (χ0v) is 9.65. The minimum absolute atomic E-state index is 0.580. The molecule has 0 radical (unpaired) electrons. The number of thiophene rings is 1. The molecule has 1 aliphatic rings. The molecule has 2 nitrogen and oxygen atoms in total. The maximum Gasteiger partial charge on any atom is 0.0516 e. The highest BCUT2D eigenvalue weighted by Crippen LogP contribution is 2.24. The van der Waals surface area contributed by atoms with E-state index in [4.69, 9.17) is 17.3 Å². The Hall–Kier alpha value is -0.0900. The maximum absolute atomic E-state index is 5.88. The molecule has 78 valence electrons. The smallest absolute Gasteiger partial charge is 0.0516 e. The summed E-state index contributed by atoms with van der Waals surface area (Å²) in [4.78, 5) is 3.80. The summed E-state index contributed by atoms with van der Waals surface area (Å²) in [5, 5.41) is 2.85. The van der Waals surface area contributed by atoms with E-state index in [9.17, 15) is 0 Å². The van der Waals surface area contributed by atoms with Gasteiger partial charge in [-0.15, -0.1) is 11.3 Å². The van der Waals surface area contributed by atoms with E-state index in [0.717, 1.165) is 18.1 Å². The van der Waals surface area contributed by atoms with E-state index in [-0.39, 0.29) is 0 Å². The van der Waals surface area contributed by atoms with Crippen molar-refractivity contribution in [3.63, 3.8) is 0 Å². The van der Waals surface area contributed by atoms with Gasteiger partial charge in [-0.2, -0.15) is 0 Å². The Bertz CT molecular complexity index is 300. The first-order chi connectivity index (χ1) is 6.79. The van der Waals surface area contributed by atoms with Crippen LogP contribution < -0.4 is 5.73 Å². The van der Waals surface area contributed by atoms with Crippen LogP contribution in [0.3, 0.4) is 0 Å². The Morgan fingerprint density at radius 2 is 2.50 bits per heavy atom. The second-order valence-corrected chi connectivity index (χ2v) is 5.17. The van der Waals surface area contributed by atoms with E-state index in [1.807, 2.05) is 5.38 Å². The van der Waals surface area contributed by atoms with Crippen molar-refractivity contribution >= 4 is 22.9 Å². The molecule has 1 fully saturated rings. The average molecular weight is 231 g/mol. The van der Waals surface area contributed by atoms with Gasteiger partial charge in [0.2, 0.25) is 0 Å². The highest BCUT2D eigenvalue weighted by molar-refractivity contribution is 7.10. The van der Waals surface area contributed by atoms with Gasteiger partial charge in [-0.1, -0.05) is 11.6 Å². The van der Waals surface area contributed by atoms with Crippen LogP contribution in [0.25, 0.3) is 0 Å². The van der Waals surface area contributed by atoms with Gasteiger partial charge < -0.3 is 5.73 Å². The molecule has 2 heterocycles. The third-order valence-electron chi connectivity index (χ3n) is 2.75. The lowest BCUT2D eigenvalue weighted by atomic mass is 10.2. The van der Waals surface area contributed by atoms with Crippen LogP contribution in [0.15, 0.2) is 11.4 Å². The molecule has 0 amide bonds. The number of nitrogens with two attached hydrogens (primary N) is 1. The van der Waals surface area contributed by atoms with Crippen LogP contribution in [0, 0.1) is 0 Å². The van der Waals surface area contributed by atoms with E-state index < -0.39 is 0 Å². The van der Waals surface area contributed by atoms with Crippen LogP contribution in [0.2, 0.25) is 5.02 Å². The first-order valence-corrected chi connectivity index (χ1v) is 6.22. The normalized spacial score (nSPS) is 23.1. The third-order valence-corrected chi connectivity index (χ3v) is 4.02. The molecule has 2 rings (SSSR count). The third kappa shape index (κ3) is 2.28. The van der Waals surface area contributed by atoms with Crippen LogP contribution in [-0.2, 0) is 6.54 Å². The molecule has 0 aliphatic carbocycles. The number of rotatable bonds is 3. The zero-order valence-electron chi connectivity index (χ0n) is 8.08. The van der Waals surface area contributed by atoms with E-state index in [0.29, 0.717) is 6.04 Å². The number of halogens is 1. The van der Waals surface area contributed by atoms with E-state index in [1.54, 1.807) is 11.3 Å². The number of likely N-dealkylation sites (tertiary alicyclic amines) is 1. The Labute approximate surface area is 93.7 Å². The van der Waals surface area contributed by atoms with Crippen LogP contribution in [0.4, 0.5) is 0 Å². The molecule has 2 N–H and O–H groups in total. The largest absolute Gasteiger partial charge is 0.329 e. The fraction of sp³-hybridized carbons (Fsp3) is 0.600. The van der Waals surface area contributed by atoms with Gasteiger partial charge >= 0.3 is 0 Å². The van der Waals surface area contributed by atoms with Crippen LogP contribution in [0.1, 0.15) is 17.7 Å². The quantitative estimate of drug-likeness (QED) is 0.864. The zero-order chi connectivity index (χ0) is 9.97. The maximum atomic E-state index is 5.88. The number of hydrogen-bond donors (Lipinski definition) is 1. The Balaban J connectivity index is 1.96. The van der Waals surface area contributed by atoms with E-state index in [1.165, 1.54) is 24.3 Å². The molecule has 1 aromatic rings. The summed E-state index contributed by atoms with van der Waals surface area (Å²) < 4.78 is 0. The lowest BCUT2D eigenvalue weighted by Gasteiger charge is -2.22. The van der Waals surface area contributed by atoms with Crippen molar-refractivity contribution in [2.75, 3.05) is 13.1 Å². The summed E-state index contributed by atoms with van der Waals surface area (Å²) in [6, 6.07) is 2.63. The van der Waals surface area contributed by atoms with Crippen molar-refractivity contribution in [1.29, 1.82) is 0 Å². The lowest BCUT2D eigenvalue weighted by molar-refractivity contribution is 0.252. The summed E-state index contributed by atoms with van der Waals surface area (Å²) in [7, 11) is 0. The summed E-state index contributed by atoms with van der Waals surface area (Å²) in [6.45, 7) is 2.97. The summed E-state index contributed by atoms with van der Waals surface area (Å²) in [5.74, 6) is 0. The van der Waals surface area contributed by atoms with Gasteiger partial charge in [0.25, 0.3) is 0 Å². The minimum atomic E-state index is 0.580. The van der Waals surface area contributed by atoms with Crippen LogP contribution >= 0.6 is 22.9 Å². The second kappa shape index (κ2) is 4.62. The van der Waals surface area contributed by atoms with Crippen molar-refractivity contribution in [3.05, 3.63) is 21.3 Å². The van der Waals surface area contributed by atoms with Crippen molar-refractivity contribution < 1.29 is 0 Å². The average Bonchev–Trinajstić information content (AvgIpc) is 2.76.